The second-order valence-electron chi connectivity index (χ2n) is 25.6. The Kier molecular flexibility index (Phi) is 27.3. The molecule has 0 bridgehead atoms. The lowest BCUT2D eigenvalue weighted by Crippen LogP contribution is -2.10. The molecule has 16 heteroatoms. The Morgan fingerprint density at radius 3 is 1.08 bits per heavy atom. The van der Waals surface area contributed by atoms with Gasteiger partial charge in [0, 0.05) is 73.3 Å². The van der Waals surface area contributed by atoms with Crippen molar-refractivity contribution in [2.24, 2.45) is 0 Å². The maximum Gasteiger partial charge on any atom is 0.335 e. The first-order valence-electron chi connectivity index (χ1n) is 36.2. The van der Waals surface area contributed by atoms with E-state index in [-0.39, 0.29) is 55.2 Å². The first kappa shape index (κ1) is 80.5. The molecule has 0 saturated carbocycles. The molecule has 0 saturated heterocycles. The molecular formula is C98H77N7O7P2. The Balaban J connectivity index is 0.000000196. The van der Waals surface area contributed by atoms with E-state index < -0.39 is 14.7 Å². The van der Waals surface area contributed by atoms with E-state index in [1.165, 1.54) is 56.7 Å². The third kappa shape index (κ3) is 19.4. The maximum absolute atomic E-state index is 12.8. The maximum atomic E-state index is 12.8. The fourth-order valence-corrected chi connectivity index (χ4v) is 16.3. The van der Waals surface area contributed by atoms with Gasteiger partial charge < -0.3 is 34.0 Å². The van der Waals surface area contributed by atoms with Crippen LogP contribution in [0.1, 0.15) is 81.7 Å². The average molecular weight is 1530 g/mol. The SMILES string of the molecule is C.CCOP(=O)(Cc1cc(C#N)c(CP(=O)(C#CO)C#CO)cc1C#N)OCC.O=Cc1ccc(N(c2ccccc2)c2cccc3ccccc23)cc1.[C-]#[N+]c1cc(C=Cc2ccc(N(c3ccccc3)c3cccc4ccccc34)cc2)c(C#N)cc1C=Cc1ccc(N(c2ccccc2)c2cccc3ccccc23)cc1. The predicted molar refractivity (Wildman–Crippen MR) is 464 cm³/mol. The van der Waals surface area contributed by atoms with Gasteiger partial charge in [-0.1, -0.05) is 220 Å². The smallest absolute Gasteiger partial charge is 0.335 e. The van der Waals surface area contributed by atoms with Crippen molar-refractivity contribution < 1.29 is 33.2 Å². The number of benzene rings is 14. The number of fused-ring (bicyclic) bond motifs is 3. The number of anilines is 9. The van der Waals surface area contributed by atoms with Gasteiger partial charge in [0.1, 0.15) is 18.5 Å². The molecule has 14 aromatic carbocycles. The minimum absolute atomic E-state index is 0. The van der Waals surface area contributed by atoms with Crippen LogP contribution in [0.15, 0.2) is 315 Å². The van der Waals surface area contributed by atoms with Gasteiger partial charge in [-0.3, -0.25) is 13.9 Å². The van der Waals surface area contributed by atoms with Crippen LogP contribution in [0.3, 0.4) is 0 Å². The van der Waals surface area contributed by atoms with Gasteiger partial charge in [0.15, 0.2) is 5.69 Å². The Hall–Kier alpha value is -14.5. The summed E-state index contributed by atoms with van der Waals surface area (Å²) < 4.78 is 35.8. The Morgan fingerprint density at radius 2 is 0.728 bits per heavy atom. The summed E-state index contributed by atoms with van der Waals surface area (Å²) in [6.45, 7) is 11.6. The summed E-state index contributed by atoms with van der Waals surface area (Å²) in [5, 5.41) is 53.7. The van der Waals surface area contributed by atoms with Crippen LogP contribution in [0.4, 0.5) is 56.9 Å². The summed E-state index contributed by atoms with van der Waals surface area (Å²) in [6, 6.07) is 112. The molecule has 114 heavy (non-hydrogen) atoms. The number of rotatable bonds is 22. The highest BCUT2D eigenvalue weighted by Gasteiger charge is 2.29. The van der Waals surface area contributed by atoms with Gasteiger partial charge in [0.05, 0.1) is 77.9 Å². The second kappa shape index (κ2) is 38.7. The van der Waals surface area contributed by atoms with Gasteiger partial charge in [0.2, 0.25) is 7.14 Å². The fraction of sp³-hybridized carbons (Fsp3) is 0.0714. The van der Waals surface area contributed by atoms with E-state index >= 15 is 0 Å². The number of nitrogens with zero attached hydrogens (tertiary/aromatic N) is 7. The van der Waals surface area contributed by atoms with Gasteiger partial charge in [-0.25, -0.2) is 4.85 Å². The molecule has 0 atom stereocenters. The highest BCUT2D eigenvalue weighted by Crippen LogP contribution is 2.53. The van der Waals surface area contributed by atoms with E-state index in [0.717, 1.165) is 68.6 Å². The second-order valence-corrected chi connectivity index (χ2v) is 29.9. The number of hydrogen-bond acceptors (Lipinski definition) is 13. The summed E-state index contributed by atoms with van der Waals surface area (Å²) >= 11 is 0. The Morgan fingerprint density at radius 1 is 0.395 bits per heavy atom. The molecular weight excluding hydrogens is 1450 g/mol. The standard InChI is InChI=1S/C56H38N4.C23H17NO.C18H18N2O6P2.CH4/c1-58-54-39-45(32-26-41-28-34-50(35-29-41)59(48-18-4-2-5-19-48)55-24-12-16-43-14-8-10-22-52(43)55)47(40-57)38-46(54)33-27-42-30-36-51(37-31-42)60(49-20-6-3-7-21-49)56-25-13-17-44-15-9-11-23-53(44)56;25-17-18-13-15-21(16-14-18)24(20-9-2-1-3-10-20)23-12-6-8-19-7-4-5-11-22(19)23;1-3-25-28(24,26-4-2)14-18-10-15(11-19)17(9-16(18)12-20)13-27(23,7-5-21)8-6-22;/h2-39H;1-17H;9-10,21-22H,3-4,13-14H2,1-2H3;1H4. The van der Waals surface area contributed by atoms with Gasteiger partial charge >= 0.3 is 7.60 Å². The number of para-hydroxylation sites is 3. The molecule has 0 amide bonds. The van der Waals surface area contributed by atoms with E-state index in [1.54, 1.807) is 26.0 Å². The van der Waals surface area contributed by atoms with Crippen molar-refractivity contribution in [3.63, 3.8) is 0 Å². The number of aliphatic hydroxyl groups excluding tert-OH is 2. The molecule has 0 spiro atoms. The van der Waals surface area contributed by atoms with E-state index in [2.05, 4.69) is 262 Å². The summed E-state index contributed by atoms with van der Waals surface area (Å²) in [5.41, 5.74) is 19.4. The van der Waals surface area contributed by atoms with Gasteiger partial charge in [-0.15, -0.1) is 0 Å². The third-order valence-electron chi connectivity index (χ3n) is 18.4. The summed E-state index contributed by atoms with van der Waals surface area (Å²) in [5.74, 6) is 0. The zero-order valence-corrected chi connectivity index (χ0v) is 63.5. The Bertz CT molecular complexity index is 5980. The lowest BCUT2D eigenvalue weighted by molar-refractivity contribution is 0.112. The van der Waals surface area contributed by atoms with Gasteiger partial charge in [0.25, 0.3) is 0 Å². The number of nitriles is 3. The molecule has 0 aliphatic heterocycles. The van der Waals surface area contributed by atoms with Gasteiger partial charge in [-0.2, -0.15) is 15.8 Å². The zero-order chi connectivity index (χ0) is 78.9. The minimum Gasteiger partial charge on any atom is -0.462 e. The number of aliphatic hydroxyl groups is 2. The van der Waals surface area contributed by atoms with Crippen molar-refractivity contribution in [1.82, 2.24) is 0 Å². The number of aldehydes is 1. The van der Waals surface area contributed by atoms with Crippen LogP contribution in [-0.2, 0) is 30.5 Å². The lowest BCUT2D eigenvalue weighted by atomic mass is 10.0. The van der Waals surface area contributed by atoms with Crippen molar-refractivity contribution >= 4 is 135 Å². The highest BCUT2D eigenvalue weighted by molar-refractivity contribution is 7.73. The third-order valence-corrected chi connectivity index (χ3v) is 22.2. The predicted octanol–water partition coefficient (Wildman–Crippen LogP) is 26.1. The van der Waals surface area contributed by atoms with Crippen LogP contribution >= 0.6 is 14.7 Å². The molecule has 0 aliphatic rings. The van der Waals surface area contributed by atoms with Crippen LogP contribution in [0.5, 0.6) is 0 Å². The van der Waals surface area contributed by atoms with Crippen LogP contribution in [0.2, 0.25) is 0 Å². The normalized spacial score (nSPS) is 10.8. The molecule has 0 aliphatic carbocycles. The molecule has 556 valence electrons. The Labute approximate surface area is 665 Å². The van der Waals surface area contributed by atoms with E-state index in [0.29, 0.717) is 27.9 Å². The average Bonchev–Trinajstić information content (AvgIpc) is 0.794. The first-order chi connectivity index (χ1) is 55.3. The molecule has 0 fully saturated rings. The van der Waals surface area contributed by atoms with Crippen LogP contribution in [0.25, 0.3) is 61.5 Å². The topological polar surface area (TPSA) is 196 Å². The van der Waals surface area contributed by atoms with Crippen molar-refractivity contribution in [1.29, 1.82) is 15.8 Å². The minimum atomic E-state index is -3.68. The highest BCUT2D eigenvalue weighted by atomic mass is 31.2. The molecule has 14 nitrogen and oxygen atoms in total. The summed E-state index contributed by atoms with van der Waals surface area (Å²) in [4.78, 5) is 21.6. The lowest BCUT2D eigenvalue weighted by Gasteiger charge is -2.27. The van der Waals surface area contributed by atoms with Crippen LogP contribution in [-0.4, -0.2) is 29.7 Å². The van der Waals surface area contributed by atoms with Crippen molar-refractivity contribution in [3.05, 3.63) is 383 Å². The van der Waals surface area contributed by atoms with Crippen molar-refractivity contribution in [3.8, 4) is 41.7 Å². The monoisotopic (exact) mass is 1530 g/mol. The molecule has 0 radical (unpaired) electrons. The summed E-state index contributed by atoms with van der Waals surface area (Å²) in [7, 11) is -7.19. The molecule has 14 aromatic rings. The quantitative estimate of drug-likeness (QED) is 0.0214. The molecule has 2 N–H and O–H groups in total. The fourth-order valence-electron chi connectivity index (χ4n) is 13.3. The van der Waals surface area contributed by atoms with Gasteiger partial charge in [-0.05, 0) is 191 Å². The van der Waals surface area contributed by atoms with Crippen molar-refractivity contribution in [2.45, 2.75) is 33.6 Å². The van der Waals surface area contributed by atoms with Crippen molar-refractivity contribution in [2.75, 3.05) is 27.9 Å². The van der Waals surface area contributed by atoms with E-state index in [4.69, 9.17) is 25.8 Å². The number of carbonyl (C=O) groups is 1. The molecule has 0 unspecified atom stereocenters. The summed E-state index contributed by atoms with van der Waals surface area (Å²) in [6.07, 6.45) is 11.1. The van der Waals surface area contributed by atoms with E-state index in [1.807, 2.05) is 102 Å². The molecule has 14 rings (SSSR count). The van der Waals surface area contributed by atoms with Crippen LogP contribution < -0.4 is 14.7 Å². The molecule has 0 aromatic heterocycles. The largest absolute Gasteiger partial charge is 0.462 e. The first-order valence-corrected chi connectivity index (χ1v) is 39.8. The van der Waals surface area contributed by atoms with Crippen LogP contribution in [0, 0.1) is 64.1 Å². The zero-order valence-electron chi connectivity index (χ0n) is 61.7. The number of carbonyl (C=O) groups excluding carboxylic acids is 1. The van der Waals surface area contributed by atoms with E-state index in [9.17, 15) is 29.7 Å². The molecule has 0 heterocycles. The number of hydrogen-bond donors (Lipinski definition) is 2.